The Balaban J connectivity index is 1.50. The Morgan fingerprint density at radius 3 is 2.43 bits per heavy atom. The van der Waals surface area contributed by atoms with Gasteiger partial charge in [0.25, 0.3) is 5.91 Å². The summed E-state index contributed by atoms with van der Waals surface area (Å²) in [6.07, 6.45) is -2.92. The highest BCUT2D eigenvalue weighted by atomic mass is 19.4. The van der Waals surface area contributed by atoms with Crippen LogP contribution in [0.15, 0.2) is 90.2 Å². The second-order valence-electron chi connectivity index (χ2n) is 8.12. The van der Waals surface area contributed by atoms with Crippen molar-refractivity contribution in [1.29, 1.82) is 0 Å². The van der Waals surface area contributed by atoms with Crippen LogP contribution in [0.4, 0.5) is 24.7 Å². The van der Waals surface area contributed by atoms with E-state index >= 15 is 0 Å². The molecule has 0 aliphatic carbocycles. The van der Waals surface area contributed by atoms with Crippen LogP contribution >= 0.6 is 0 Å². The number of hydrogen-bond donors (Lipinski definition) is 3. The zero-order chi connectivity index (χ0) is 26.4. The second-order valence-corrected chi connectivity index (χ2v) is 8.12. The van der Waals surface area contributed by atoms with Crippen molar-refractivity contribution in [3.63, 3.8) is 0 Å². The number of alkyl halides is 3. The van der Waals surface area contributed by atoms with Gasteiger partial charge in [-0.25, -0.2) is 9.97 Å². The normalized spacial score (nSPS) is 11.7. The van der Waals surface area contributed by atoms with Gasteiger partial charge in [-0.05, 0) is 48.9 Å². The van der Waals surface area contributed by atoms with E-state index in [4.69, 9.17) is 5.73 Å². The number of nitrogens with one attached hydrogen (secondary N) is 2. The molecule has 0 atom stereocenters. The number of nitrogens with zero attached hydrogens (tertiary/aromatic N) is 3. The Kier molecular flexibility index (Phi) is 7.47. The standard InChI is InChI=1S/C27H23F3N6O/c1-17(35-36-22-12-10-21(11-13-22)27(28,29)30)24-25(31)32-16-23(34-24)19-8-5-9-20(14-19)26(37)33-15-18-6-3-2-4-7-18/h2-14,16,36H,15H2,1H3,(H2,31,32)(H,33,37). The summed E-state index contributed by atoms with van der Waals surface area (Å²) in [4.78, 5) is 21.4. The number of nitrogen functional groups attached to an aromatic ring is 1. The first-order valence-corrected chi connectivity index (χ1v) is 11.2. The van der Waals surface area contributed by atoms with Crippen molar-refractivity contribution >= 4 is 23.1 Å². The predicted molar refractivity (Wildman–Crippen MR) is 137 cm³/mol. The summed E-state index contributed by atoms with van der Waals surface area (Å²) in [5, 5.41) is 7.08. The maximum absolute atomic E-state index is 12.8. The third-order valence-electron chi connectivity index (χ3n) is 5.42. The van der Waals surface area contributed by atoms with Gasteiger partial charge in [0.05, 0.1) is 28.9 Å². The third-order valence-corrected chi connectivity index (χ3v) is 5.42. The van der Waals surface area contributed by atoms with Crippen molar-refractivity contribution < 1.29 is 18.0 Å². The van der Waals surface area contributed by atoms with Crippen LogP contribution in [-0.4, -0.2) is 21.6 Å². The quantitative estimate of drug-likeness (QED) is 0.227. The Morgan fingerprint density at radius 2 is 1.73 bits per heavy atom. The molecule has 4 aromatic rings. The minimum atomic E-state index is -4.41. The highest BCUT2D eigenvalue weighted by Gasteiger charge is 2.29. The van der Waals surface area contributed by atoms with E-state index < -0.39 is 11.7 Å². The molecule has 10 heteroatoms. The van der Waals surface area contributed by atoms with E-state index in [0.29, 0.717) is 40.5 Å². The highest BCUT2D eigenvalue weighted by Crippen LogP contribution is 2.30. The van der Waals surface area contributed by atoms with Gasteiger partial charge in [-0.15, -0.1) is 0 Å². The van der Waals surface area contributed by atoms with Gasteiger partial charge in [0.1, 0.15) is 5.69 Å². The SMILES string of the molecule is CC(=NNc1ccc(C(F)(F)F)cc1)c1nc(-c2cccc(C(=O)NCc3ccccc3)c2)cnc1N. The molecule has 3 aromatic carbocycles. The topological polar surface area (TPSA) is 105 Å². The summed E-state index contributed by atoms with van der Waals surface area (Å²) >= 11 is 0. The van der Waals surface area contributed by atoms with Crippen molar-refractivity contribution in [2.45, 2.75) is 19.6 Å². The Labute approximate surface area is 211 Å². The Hall–Kier alpha value is -4.73. The van der Waals surface area contributed by atoms with Gasteiger partial charge in [0, 0.05) is 17.7 Å². The number of halogens is 3. The van der Waals surface area contributed by atoms with E-state index in [2.05, 4.69) is 25.8 Å². The molecule has 0 radical (unpaired) electrons. The molecule has 0 saturated heterocycles. The molecule has 1 heterocycles. The summed E-state index contributed by atoms with van der Waals surface area (Å²) in [5.41, 5.74) is 11.6. The van der Waals surface area contributed by atoms with Crippen LogP contribution in [0.5, 0.6) is 0 Å². The van der Waals surface area contributed by atoms with E-state index in [1.54, 1.807) is 31.2 Å². The van der Waals surface area contributed by atoms with Crippen molar-refractivity contribution in [2.75, 3.05) is 11.2 Å². The summed E-state index contributed by atoms with van der Waals surface area (Å²) < 4.78 is 38.3. The number of amides is 1. The lowest BCUT2D eigenvalue weighted by molar-refractivity contribution is -0.137. The molecule has 4 N–H and O–H groups in total. The van der Waals surface area contributed by atoms with Crippen LogP contribution in [0.25, 0.3) is 11.3 Å². The van der Waals surface area contributed by atoms with Gasteiger partial charge in [0.15, 0.2) is 5.82 Å². The van der Waals surface area contributed by atoms with E-state index in [-0.39, 0.29) is 11.7 Å². The fourth-order valence-corrected chi connectivity index (χ4v) is 3.44. The van der Waals surface area contributed by atoms with Crippen LogP contribution in [0, 0.1) is 0 Å². The first-order valence-electron chi connectivity index (χ1n) is 11.2. The molecular formula is C27H23F3N6O. The number of nitrogens with two attached hydrogens (primary N) is 1. The average molecular weight is 505 g/mol. The first-order chi connectivity index (χ1) is 17.7. The number of carbonyl (C=O) groups excluding carboxylic acids is 1. The van der Waals surface area contributed by atoms with Crippen LogP contribution in [-0.2, 0) is 12.7 Å². The molecule has 0 unspecified atom stereocenters. The lowest BCUT2D eigenvalue weighted by Crippen LogP contribution is -2.22. The van der Waals surface area contributed by atoms with E-state index in [1.807, 2.05) is 30.3 Å². The van der Waals surface area contributed by atoms with Crippen LogP contribution in [0.1, 0.15) is 34.1 Å². The molecule has 0 aliphatic heterocycles. The maximum atomic E-state index is 12.8. The molecule has 0 aliphatic rings. The van der Waals surface area contributed by atoms with Crippen molar-refractivity contribution in [2.24, 2.45) is 5.10 Å². The lowest BCUT2D eigenvalue weighted by atomic mass is 10.1. The number of carbonyl (C=O) groups is 1. The molecule has 7 nitrogen and oxygen atoms in total. The van der Waals surface area contributed by atoms with E-state index in [0.717, 1.165) is 17.7 Å². The van der Waals surface area contributed by atoms with Gasteiger partial charge in [0.2, 0.25) is 0 Å². The number of hydrogen-bond acceptors (Lipinski definition) is 6. The highest BCUT2D eigenvalue weighted by molar-refractivity contribution is 6.01. The monoisotopic (exact) mass is 504 g/mol. The number of benzene rings is 3. The third kappa shape index (κ3) is 6.49. The van der Waals surface area contributed by atoms with Crippen molar-refractivity contribution in [3.8, 4) is 11.3 Å². The van der Waals surface area contributed by atoms with Gasteiger partial charge in [-0.3, -0.25) is 10.2 Å². The lowest BCUT2D eigenvalue weighted by Gasteiger charge is -2.10. The molecule has 0 bridgehead atoms. The smallest absolute Gasteiger partial charge is 0.382 e. The summed E-state index contributed by atoms with van der Waals surface area (Å²) in [6.45, 7) is 2.05. The molecule has 0 spiro atoms. The average Bonchev–Trinajstić information content (AvgIpc) is 2.91. The van der Waals surface area contributed by atoms with Gasteiger partial charge in [-0.1, -0.05) is 42.5 Å². The fraction of sp³-hybridized carbons (Fsp3) is 0.111. The molecule has 0 fully saturated rings. The minimum Gasteiger partial charge on any atom is -0.382 e. The molecule has 4 rings (SSSR count). The Bertz CT molecular complexity index is 1420. The van der Waals surface area contributed by atoms with Gasteiger partial charge in [-0.2, -0.15) is 18.3 Å². The number of aromatic nitrogens is 2. The van der Waals surface area contributed by atoms with E-state index in [9.17, 15) is 18.0 Å². The van der Waals surface area contributed by atoms with Crippen LogP contribution in [0.3, 0.4) is 0 Å². The van der Waals surface area contributed by atoms with E-state index in [1.165, 1.54) is 18.3 Å². The van der Waals surface area contributed by atoms with Gasteiger partial charge >= 0.3 is 6.18 Å². The molecule has 1 amide bonds. The molecule has 37 heavy (non-hydrogen) atoms. The first kappa shape index (κ1) is 25.4. The largest absolute Gasteiger partial charge is 0.416 e. The molecular weight excluding hydrogens is 481 g/mol. The zero-order valence-electron chi connectivity index (χ0n) is 19.8. The maximum Gasteiger partial charge on any atom is 0.416 e. The number of rotatable bonds is 7. The fourth-order valence-electron chi connectivity index (χ4n) is 3.44. The van der Waals surface area contributed by atoms with Crippen LogP contribution in [0.2, 0.25) is 0 Å². The Morgan fingerprint density at radius 1 is 1.00 bits per heavy atom. The summed E-state index contributed by atoms with van der Waals surface area (Å²) in [6, 6.07) is 21.0. The van der Waals surface area contributed by atoms with Crippen LogP contribution < -0.4 is 16.5 Å². The number of hydrazone groups is 1. The van der Waals surface area contributed by atoms with Crippen molar-refractivity contribution in [1.82, 2.24) is 15.3 Å². The molecule has 1 aromatic heterocycles. The molecule has 188 valence electrons. The minimum absolute atomic E-state index is 0.135. The van der Waals surface area contributed by atoms with Crippen molar-refractivity contribution in [3.05, 3.63) is 107 Å². The summed E-state index contributed by atoms with van der Waals surface area (Å²) in [5.74, 6) is -0.0937. The second kappa shape index (κ2) is 10.9. The predicted octanol–water partition coefficient (Wildman–Crippen LogP) is 5.51. The molecule has 0 saturated carbocycles. The summed E-state index contributed by atoms with van der Waals surface area (Å²) in [7, 11) is 0. The number of anilines is 2. The van der Waals surface area contributed by atoms with Gasteiger partial charge < -0.3 is 11.1 Å². The zero-order valence-corrected chi connectivity index (χ0v) is 19.8.